The standard InChI is InChI=1S/C19H29N3O3.2ClH/c1-14-8-9-22(13-14)10-11-24-16-4-2-15(3-5-16)21-19(23)18-7-6-17(12-20)25-18;;/h2-5,14,17-18H,6-13,20H2,1H3,(H,21,23);2*1H/t14?,17-,18+;;/m1../s1. The molecule has 0 bridgehead atoms. The van der Waals surface area contributed by atoms with E-state index in [4.69, 9.17) is 15.2 Å². The van der Waals surface area contributed by atoms with E-state index in [1.807, 2.05) is 24.3 Å². The summed E-state index contributed by atoms with van der Waals surface area (Å²) in [6.45, 7) is 6.75. The number of nitrogens with zero attached hydrogens (tertiary/aromatic N) is 1. The minimum Gasteiger partial charge on any atom is -0.492 e. The summed E-state index contributed by atoms with van der Waals surface area (Å²) < 4.78 is 11.4. The van der Waals surface area contributed by atoms with E-state index in [0.717, 1.165) is 36.7 Å². The number of anilines is 1. The van der Waals surface area contributed by atoms with E-state index in [2.05, 4.69) is 17.1 Å². The molecule has 2 heterocycles. The molecule has 6 nitrogen and oxygen atoms in total. The van der Waals surface area contributed by atoms with Gasteiger partial charge in [-0.05, 0) is 56.0 Å². The summed E-state index contributed by atoms with van der Waals surface area (Å²) in [5.74, 6) is 1.52. The van der Waals surface area contributed by atoms with Gasteiger partial charge in [-0.3, -0.25) is 9.69 Å². The molecule has 3 rings (SSSR count). The van der Waals surface area contributed by atoms with Crippen molar-refractivity contribution in [1.82, 2.24) is 4.90 Å². The molecular weight excluding hydrogens is 389 g/mol. The number of nitrogens with one attached hydrogen (secondary N) is 1. The van der Waals surface area contributed by atoms with Gasteiger partial charge in [0.2, 0.25) is 0 Å². The molecule has 0 aromatic heterocycles. The molecule has 1 aromatic carbocycles. The van der Waals surface area contributed by atoms with Gasteiger partial charge in [-0.25, -0.2) is 0 Å². The molecule has 27 heavy (non-hydrogen) atoms. The number of rotatable bonds is 7. The Balaban J connectivity index is 0.00000182. The summed E-state index contributed by atoms with van der Waals surface area (Å²) in [4.78, 5) is 14.6. The Morgan fingerprint density at radius 1 is 1.26 bits per heavy atom. The maximum Gasteiger partial charge on any atom is 0.253 e. The Morgan fingerprint density at radius 3 is 2.59 bits per heavy atom. The van der Waals surface area contributed by atoms with Gasteiger partial charge in [-0.1, -0.05) is 6.92 Å². The van der Waals surface area contributed by atoms with E-state index in [1.54, 1.807) is 0 Å². The van der Waals surface area contributed by atoms with Crippen LogP contribution in [0.5, 0.6) is 5.75 Å². The van der Waals surface area contributed by atoms with E-state index in [0.29, 0.717) is 13.2 Å². The molecule has 8 heteroatoms. The summed E-state index contributed by atoms with van der Waals surface area (Å²) in [7, 11) is 0. The predicted octanol–water partition coefficient (Wildman–Crippen LogP) is 2.70. The van der Waals surface area contributed by atoms with Gasteiger partial charge in [-0.15, -0.1) is 24.8 Å². The molecule has 1 aromatic rings. The topological polar surface area (TPSA) is 76.8 Å². The Bertz CT molecular complexity index is 574. The first-order valence-corrected chi connectivity index (χ1v) is 9.25. The van der Waals surface area contributed by atoms with Gasteiger partial charge in [0.15, 0.2) is 0 Å². The van der Waals surface area contributed by atoms with Gasteiger partial charge in [0.1, 0.15) is 18.5 Å². The van der Waals surface area contributed by atoms with Crippen molar-refractivity contribution in [1.29, 1.82) is 0 Å². The van der Waals surface area contributed by atoms with Crippen LogP contribution in [-0.4, -0.2) is 55.8 Å². The van der Waals surface area contributed by atoms with Gasteiger partial charge in [0.25, 0.3) is 5.91 Å². The van der Waals surface area contributed by atoms with Crippen molar-refractivity contribution in [2.75, 3.05) is 38.1 Å². The monoisotopic (exact) mass is 419 g/mol. The van der Waals surface area contributed by atoms with Gasteiger partial charge in [0, 0.05) is 25.3 Å². The van der Waals surface area contributed by atoms with Crippen molar-refractivity contribution in [2.45, 2.75) is 38.4 Å². The van der Waals surface area contributed by atoms with Crippen LogP contribution in [0.2, 0.25) is 0 Å². The van der Waals surface area contributed by atoms with Crippen molar-refractivity contribution in [3.8, 4) is 5.75 Å². The normalized spacial score (nSPS) is 24.7. The number of halogens is 2. The number of amides is 1. The minimum absolute atomic E-state index is 0. The third kappa shape index (κ3) is 7.12. The van der Waals surface area contributed by atoms with Gasteiger partial charge in [-0.2, -0.15) is 0 Å². The van der Waals surface area contributed by atoms with Crippen molar-refractivity contribution in [2.24, 2.45) is 11.7 Å². The molecule has 3 atom stereocenters. The molecule has 0 aliphatic carbocycles. The number of ether oxygens (including phenoxy) is 2. The maximum absolute atomic E-state index is 12.2. The molecule has 2 aliphatic heterocycles. The fraction of sp³-hybridized carbons (Fsp3) is 0.632. The summed E-state index contributed by atoms with van der Waals surface area (Å²) in [5, 5.41) is 2.89. The molecule has 2 fully saturated rings. The number of nitrogens with two attached hydrogens (primary N) is 1. The SMILES string of the molecule is CC1CCN(CCOc2ccc(NC(=O)[C@@H]3CC[C@H](CN)O3)cc2)C1.Cl.Cl. The lowest BCUT2D eigenvalue weighted by Crippen LogP contribution is -2.29. The van der Waals surface area contributed by atoms with Crippen LogP contribution in [0.25, 0.3) is 0 Å². The summed E-state index contributed by atoms with van der Waals surface area (Å²) in [6.07, 6.45) is 2.46. The third-order valence-corrected chi connectivity index (χ3v) is 4.97. The average Bonchev–Trinajstić information content (AvgIpc) is 3.25. The highest BCUT2D eigenvalue weighted by Gasteiger charge is 2.29. The Hall–Kier alpha value is -1.05. The zero-order chi connectivity index (χ0) is 17.6. The quantitative estimate of drug-likeness (QED) is 0.710. The molecule has 3 N–H and O–H groups in total. The van der Waals surface area contributed by atoms with Crippen molar-refractivity contribution < 1.29 is 14.3 Å². The lowest BCUT2D eigenvalue weighted by atomic mass is 10.2. The smallest absolute Gasteiger partial charge is 0.253 e. The highest BCUT2D eigenvalue weighted by Crippen LogP contribution is 2.22. The molecular formula is C19H31Cl2N3O3. The number of hydrogen-bond donors (Lipinski definition) is 2. The highest BCUT2D eigenvalue weighted by molar-refractivity contribution is 5.94. The molecule has 0 saturated carbocycles. The summed E-state index contributed by atoms with van der Waals surface area (Å²) in [6, 6.07) is 7.50. The van der Waals surface area contributed by atoms with E-state index >= 15 is 0 Å². The second-order valence-corrected chi connectivity index (χ2v) is 7.12. The molecule has 0 radical (unpaired) electrons. The second kappa shape index (κ2) is 11.7. The maximum atomic E-state index is 12.2. The summed E-state index contributed by atoms with van der Waals surface area (Å²) in [5.41, 5.74) is 6.33. The molecule has 1 unspecified atom stereocenters. The van der Waals surface area contributed by atoms with Gasteiger partial charge < -0.3 is 20.5 Å². The zero-order valence-corrected chi connectivity index (χ0v) is 17.4. The van der Waals surface area contributed by atoms with Crippen LogP contribution >= 0.6 is 24.8 Å². The largest absolute Gasteiger partial charge is 0.492 e. The van der Waals surface area contributed by atoms with E-state index in [-0.39, 0.29) is 36.8 Å². The van der Waals surface area contributed by atoms with Crippen molar-refractivity contribution in [3.63, 3.8) is 0 Å². The van der Waals surface area contributed by atoms with E-state index < -0.39 is 6.10 Å². The predicted molar refractivity (Wildman–Crippen MR) is 112 cm³/mol. The fourth-order valence-corrected chi connectivity index (χ4v) is 3.45. The van der Waals surface area contributed by atoms with Crippen molar-refractivity contribution in [3.05, 3.63) is 24.3 Å². The second-order valence-electron chi connectivity index (χ2n) is 7.12. The van der Waals surface area contributed by atoms with E-state index in [9.17, 15) is 4.79 Å². The minimum atomic E-state index is -0.396. The number of hydrogen-bond acceptors (Lipinski definition) is 5. The molecule has 2 saturated heterocycles. The van der Waals surface area contributed by atoms with Gasteiger partial charge in [0.05, 0.1) is 6.10 Å². The van der Waals surface area contributed by atoms with Crippen LogP contribution in [0.1, 0.15) is 26.2 Å². The van der Waals surface area contributed by atoms with Gasteiger partial charge >= 0.3 is 0 Å². The molecule has 1 amide bonds. The first-order valence-electron chi connectivity index (χ1n) is 9.25. The van der Waals surface area contributed by atoms with Crippen molar-refractivity contribution >= 4 is 36.4 Å². The molecule has 0 spiro atoms. The Morgan fingerprint density at radius 2 is 2.00 bits per heavy atom. The molecule has 2 aliphatic rings. The summed E-state index contributed by atoms with van der Waals surface area (Å²) >= 11 is 0. The number of carbonyl (C=O) groups excluding carboxylic acids is 1. The number of likely N-dealkylation sites (tertiary alicyclic amines) is 1. The first-order chi connectivity index (χ1) is 12.1. The lowest BCUT2D eigenvalue weighted by molar-refractivity contribution is -0.126. The van der Waals surface area contributed by atoms with Crippen LogP contribution in [0.4, 0.5) is 5.69 Å². The van der Waals surface area contributed by atoms with Crippen LogP contribution in [0, 0.1) is 5.92 Å². The molecule has 154 valence electrons. The highest BCUT2D eigenvalue weighted by atomic mass is 35.5. The first kappa shape index (κ1) is 24.0. The van der Waals surface area contributed by atoms with Crippen LogP contribution in [0.15, 0.2) is 24.3 Å². The van der Waals surface area contributed by atoms with E-state index in [1.165, 1.54) is 19.5 Å². The number of carbonyl (C=O) groups is 1. The van der Waals surface area contributed by atoms with Crippen LogP contribution in [-0.2, 0) is 9.53 Å². The Kier molecular flexibility index (Phi) is 10.4. The Labute approximate surface area is 174 Å². The fourth-order valence-electron chi connectivity index (χ4n) is 3.45. The van der Waals surface area contributed by atoms with Crippen LogP contribution in [0.3, 0.4) is 0 Å². The lowest BCUT2D eigenvalue weighted by Gasteiger charge is -2.16. The number of benzene rings is 1. The third-order valence-electron chi connectivity index (χ3n) is 4.97. The zero-order valence-electron chi connectivity index (χ0n) is 15.8. The van der Waals surface area contributed by atoms with Crippen LogP contribution < -0.4 is 15.8 Å². The average molecular weight is 420 g/mol.